The molecule has 3 aliphatic rings. The zero-order valence-corrected chi connectivity index (χ0v) is 23.8. The third-order valence-electron chi connectivity index (χ3n) is 8.41. The van der Waals surface area contributed by atoms with E-state index in [-0.39, 0.29) is 18.7 Å². The van der Waals surface area contributed by atoms with Gasteiger partial charge in [-0.15, -0.1) is 0 Å². The number of nitrogens with one attached hydrogen (secondary N) is 1. The first-order valence-corrected chi connectivity index (χ1v) is 16.5. The van der Waals surface area contributed by atoms with E-state index in [1.165, 1.54) is 11.0 Å². The second-order valence-corrected chi connectivity index (χ2v) is 15.2. The molecule has 0 bridgehead atoms. The number of amides is 2. The van der Waals surface area contributed by atoms with E-state index >= 15 is 4.11 Å². The van der Waals surface area contributed by atoms with Crippen LogP contribution in [0.1, 0.15) is 18.9 Å². The van der Waals surface area contributed by atoms with E-state index in [1.54, 1.807) is 56.4 Å². The van der Waals surface area contributed by atoms with E-state index in [9.17, 15) is 35.1 Å². The van der Waals surface area contributed by atoms with Gasteiger partial charge in [-0.25, -0.2) is 0 Å². The maximum Gasteiger partial charge on any atom is 0.268 e. The van der Waals surface area contributed by atoms with Crippen LogP contribution in [0.25, 0.3) is 0 Å². The Morgan fingerprint density at radius 2 is 1.76 bits per heavy atom. The molecule has 3 aliphatic heterocycles. The minimum atomic E-state index is -3.41. The van der Waals surface area contributed by atoms with E-state index in [1.807, 2.05) is 6.07 Å². The average Bonchev–Trinajstić information content (AvgIpc) is 3.36. The number of aliphatic hydroxyl groups excluding tert-OH is 5. The number of rotatable bonds is 6. The first-order valence-electron chi connectivity index (χ1n) is 13.5. The van der Waals surface area contributed by atoms with Crippen molar-refractivity contribution in [2.45, 2.75) is 74.4 Å². The molecule has 2 fully saturated rings. The molecule has 2 amide bonds. The van der Waals surface area contributed by atoms with Crippen molar-refractivity contribution in [1.29, 1.82) is 0 Å². The third-order valence-corrected chi connectivity index (χ3v) is 10.9. The average molecular weight is 591 g/mol. The van der Waals surface area contributed by atoms with Gasteiger partial charge in [0.05, 0.1) is 11.8 Å². The SMILES string of the molecule is C[C@@H]1[C@@H]([Si](C)(C)F)[C@H](CCO)O[C@@]12C(=O)N(c1ccccc1)c1ccc(NC(=O)[C@H]3O[C@@H](O)[C@H](O)[C@@H](O)[C@@H]3O)cc12. The van der Waals surface area contributed by atoms with Gasteiger partial charge in [-0.1, -0.05) is 25.1 Å². The predicted molar refractivity (Wildman–Crippen MR) is 147 cm³/mol. The van der Waals surface area contributed by atoms with Crippen LogP contribution in [0.3, 0.4) is 0 Å². The number of aliphatic hydroxyl groups is 5. The number of para-hydroxylation sites is 1. The fourth-order valence-corrected chi connectivity index (χ4v) is 9.11. The van der Waals surface area contributed by atoms with Gasteiger partial charge in [0.25, 0.3) is 11.8 Å². The van der Waals surface area contributed by atoms with Gasteiger partial charge in [-0.05, 0) is 49.8 Å². The monoisotopic (exact) mass is 590 g/mol. The Morgan fingerprint density at radius 1 is 1.07 bits per heavy atom. The molecule has 0 aliphatic carbocycles. The Hall–Kier alpha value is -2.75. The van der Waals surface area contributed by atoms with Gasteiger partial charge < -0.3 is 44.4 Å². The standard InChI is InChI=1S/C28H35FN2O9Si/c1-14-24(41(2,3)29)19(11-12-32)40-28(14)17-13-15(30-25(36)23-21(34)20(33)22(35)26(37)39-23)9-10-18(17)31(27(28)38)16-7-5-4-6-8-16/h4-10,13-14,19-24,26,32-35,37H,11-12H2,1-3H3,(H,30,36)/t14-,19+,20+,21+,22-,23+,24-,26-,28+/m1/s1. The van der Waals surface area contributed by atoms with Crippen molar-refractivity contribution in [2.75, 3.05) is 16.8 Å². The molecule has 2 saturated heterocycles. The summed E-state index contributed by atoms with van der Waals surface area (Å²) in [6.07, 6.45) is -9.61. The van der Waals surface area contributed by atoms with Crippen LogP contribution in [0.5, 0.6) is 0 Å². The number of ether oxygens (including phenoxy) is 2. The summed E-state index contributed by atoms with van der Waals surface area (Å²) in [5, 5.41) is 52.2. The Bertz CT molecular complexity index is 1310. The number of anilines is 3. The maximum atomic E-state index is 15.8. The van der Waals surface area contributed by atoms with Gasteiger partial charge in [-0.2, -0.15) is 0 Å². The maximum absolute atomic E-state index is 15.8. The lowest BCUT2D eigenvalue weighted by molar-refractivity contribution is -0.274. The Morgan fingerprint density at radius 3 is 2.39 bits per heavy atom. The molecule has 9 atom stereocenters. The van der Waals surface area contributed by atoms with Gasteiger partial charge in [0.15, 0.2) is 18.0 Å². The molecule has 2 aromatic rings. The van der Waals surface area contributed by atoms with E-state index in [2.05, 4.69) is 5.32 Å². The van der Waals surface area contributed by atoms with Crippen LogP contribution in [0, 0.1) is 5.92 Å². The molecule has 2 aromatic carbocycles. The molecule has 0 radical (unpaired) electrons. The highest BCUT2D eigenvalue weighted by Crippen LogP contribution is 2.61. The zero-order chi connectivity index (χ0) is 29.9. The van der Waals surface area contributed by atoms with Gasteiger partial charge >= 0.3 is 0 Å². The van der Waals surface area contributed by atoms with Crippen molar-refractivity contribution in [1.82, 2.24) is 0 Å². The highest BCUT2D eigenvalue weighted by molar-refractivity contribution is 6.72. The van der Waals surface area contributed by atoms with Crippen LogP contribution in [0.4, 0.5) is 21.2 Å². The van der Waals surface area contributed by atoms with Gasteiger partial charge in [0.2, 0.25) is 8.41 Å². The molecule has 41 heavy (non-hydrogen) atoms. The molecular weight excluding hydrogens is 555 g/mol. The Labute approximate surface area is 237 Å². The molecule has 1 spiro atoms. The lowest BCUT2D eigenvalue weighted by Crippen LogP contribution is -2.60. The molecule has 6 N–H and O–H groups in total. The van der Waals surface area contributed by atoms with E-state index in [0.29, 0.717) is 16.9 Å². The molecule has 0 aromatic heterocycles. The lowest BCUT2D eigenvalue weighted by atomic mass is 9.82. The Balaban J connectivity index is 1.57. The number of nitrogens with zero attached hydrogens (tertiary/aromatic N) is 1. The highest BCUT2D eigenvalue weighted by Gasteiger charge is 2.67. The summed E-state index contributed by atoms with van der Waals surface area (Å²) >= 11 is 0. The van der Waals surface area contributed by atoms with Crippen LogP contribution in [0.15, 0.2) is 48.5 Å². The van der Waals surface area contributed by atoms with Crippen LogP contribution < -0.4 is 10.2 Å². The number of carbonyl (C=O) groups is 2. The normalized spacial score (nSPS) is 35.1. The summed E-state index contributed by atoms with van der Waals surface area (Å²) in [6.45, 7) is 4.65. The second kappa shape index (κ2) is 10.8. The number of benzene rings is 2. The van der Waals surface area contributed by atoms with Crippen molar-refractivity contribution in [3.8, 4) is 0 Å². The molecule has 5 rings (SSSR count). The first kappa shape index (κ1) is 29.7. The van der Waals surface area contributed by atoms with E-state index < -0.39 is 74.1 Å². The number of hydrogen-bond acceptors (Lipinski definition) is 9. The van der Waals surface area contributed by atoms with Gasteiger partial charge in [0, 0.05) is 35.0 Å². The summed E-state index contributed by atoms with van der Waals surface area (Å²) in [6, 6.07) is 13.6. The number of hydrogen-bond donors (Lipinski definition) is 6. The number of halogens is 1. The van der Waals surface area contributed by atoms with Crippen molar-refractivity contribution >= 4 is 37.3 Å². The molecular formula is C28H35FN2O9Si. The topological polar surface area (TPSA) is 169 Å². The fourth-order valence-electron chi connectivity index (χ4n) is 6.57. The molecule has 13 heteroatoms. The number of fused-ring (bicyclic) bond motifs is 2. The van der Waals surface area contributed by atoms with Gasteiger partial charge in [0.1, 0.15) is 18.3 Å². The summed E-state index contributed by atoms with van der Waals surface area (Å²) < 4.78 is 27.3. The smallest absolute Gasteiger partial charge is 0.268 e. The van der Waals surface area contributed by atoms with E-state index in [4.69, 9.17) is 9.47 Å². The summed E-state index contributed by atoms with van der Waals surface area (Å²) in [7, 11) is -3.41. The lowest BCUT2D eigenvalue weighted by Gasteiger charge is -2.37. The summed E-state index contributed by atoms with van der Waals surface area (Å²) in [4.78, 5) is 28.9. The van der Waals surface area contributed by atoms with Crippen molar-refractivity contribution < 1.29 is 48.7 Å². The van der Waals surface area contributed by atoms with Crippen LogP contribution in [-0.4, -0.2) is 89.2 Å². The quantitative estimate of drug-likeness (QED) is 0.214. The van der Waals surface area contributed by atoms with E-state index in [0.717, 1.165) is 0 Å². The molecule has 0 unspecified atom stereocenters. The van der Waals surface area contributed by atoms with Crippen LogP contribution in [0.2, 0.25) is 18.6 Å². The fraction of sp³-hybridized carbons (Fsp3) is 0.500. The second-order valence-electron chi connectivity index (χ2n) is 11.4. The highest BCUT2D eigenvalue weighted by atomic mass is 28.4. The molecule has 0 saturated carbocycles. The molecule has 3 heterocycles. The minimum absolute atomic E-state index is 0.148. The van der Waals surface area contributed by atoms with Crippen molar-refractivity contribution in [3.63, 3.8) is 0 Å². The molecule has 222 valence electrons. The van der Waals surface area contributed by atoms with Gasteiger partial charge in [-0.3, -0.25) is 14.5 Å². The van der Waals surface area contributed by atoms with Crippen molar-refractivity contribution in [3.05, 3.63) is 54.1 Å². The van der Waals surface area contributed by atoms with Crippen LogP contribution >= 0.6 is 0 Å². The largest absolute Gasteiger partial charge is 0.396 e. The third kappa shape index (κ3) is 4.79. The predicted octanol–water partition coefficient (Wildman–Crippen LogP) is 1.26. The first-order chi connectivity index (χ1) is 19.3. The summed E-state index contributed by atoms with van der Waals surface area (Å²) in [5.74, 6) is -1.94. The zero-order valence-electron chi connectivity index (χ0n) is 22.8. The summed E-state index contributed by atoms with van der Waals surface area (Å²) in [5.41, 5.74) is -0.569. The minimum Gasteiger partial charge on any atom is -0.396 e. The van der Waals surface area contributed by atoms with Crippen LogP contribution in [-0.2, 0) is 24.7 Å². The molecule has 11 nitrogen and oxygen atoms in total. The Kier molecular flexibility index (Phi) is 7.85. The number of carbonyl (C=O) groups excluding carboxylic acids is 2. The van der Waals surface area contributed by atoms with Crippen molar-refractivity contribution in [2.24, 2.45) is 5.92 Å².